The molecule has 1 N–H and O–H groups in total. The molecule has 0 atom stereocenters. The lowest BCUT2D eigenvalue weighted by molar-refractivity contribution is 0.212. The number of benzene rings is 2. The number of aryl methyl sites for hydroxylation is 4. The van der Waals surface area contributed by atoms with Gasteiger partial charge in [0.15, 0.2) is 11.2 Å². The number of piperidine rings is 2. The SMILES string of the molecule is Cc1ccc2c(CCC3CCN(C)CC3)noc2c1CN(C)C.Cc1ccc2c(CCC3CCNCC3)noc2c1CN(C)C. The van der Waals surface area contributed by atoms with Crippen LogP contribution in [-0.4, -0.2) is 86.4 Å². The molecular weight excluding hydrogens is 560 g/mol. The zero-order valence-electron chi connectivity index (χ0n) is 28.9. The zero-order chi connectivity index (χ0) is 31.9. The van der Waals surface area contributed by atoms with E-state index in [0.29, 0.717) is 0 Å². The Hall–Kier alpha value is -2.78. The average Bonchev–Trinajstić information content (AvgIpc) is 3.63. The van der Waals surface area contributed by atoms with E-state index in [1.54, 1.807) is 0 Å². The van der Waals surface area contributed by atoms with E-state index in [9.17, 15) is 0 Å². The molecule has 2 aliphatic rings. The molecule has 2 aliphatic heterocycles. The molecule has 8 nitrogen and oxygen atoms in total. The van der Waals surface area contributed by atoms with Crippen LogP contribution >= 0.6 is 0 Å². The predicted molar refractivity (Wildman–Crippen MR) is 185 cm³/mol. The van der Waals surface area contributed by atoms with Gasteiger partial charge in [-0.15, -0.1) is 0 Å². The number of likely N-dealkylation sites (tertiary alicyclic amines) is 1. The van der Waals surface area contributed by atoms with Crippen molar-refractivity contribution in [1.82, 2.24) is 30.3 Å². The van der Waals surface area contributed by atoms with Gasteiger partial charge in [-0.1, -0.05) is 22.4 Å². The summed E-state index contributed by atoms with van der Waals surface area (Å²) in [4.78, 5) is 6.79. The molecule has 0 amide bonds. The lowest BCUT2D eigenvalue weighted by Gasteiger charge is -2.28. The molecule has 0 radical (unpaired) electrons. The van der Waals surface area contributed by atoms with Crippen LogP contribution in [0.2, 0.25) is 0 Å². The van der Waals surface area contributed by atoms with Gasteiger partial charge in [0.2, 0.25) is 0 Å². The third kappa shape index (κ3) is 8.73. The van der Waals surface area contributed by atoms with Crippen LogP contribution in [0.25, 0.3) is 21.9 Å². The van der Waals surface area contributed by atoms with Crippen molar-refractivity contribution in [2.45, 2.75) is 78.3 Å². The van der Waals surface area contributed by atoms with Gasteiger partial charge in [-0.25, -0.2) is 0 Å². The molecule has 8 heteroatoms. The Balaban J connectivity index is 0.000000178. The van der Waals surface area contributed by atoms with E-state index >= 15 is 0 Å². The molecule has 0 aliphatic carbocycles. The number of fused-ring (bicyclic) bond motifs is 2. The minimum absolute atomic E-state index is 0.833. The maximum atomic E-state index is 5.73. The second-order valence-electron chi connectivity index (χ2n) is 14.2. The predicted octanol–water partition coefficient (Wildman–Crippen LogP) is 6.60. The van der Waals surface area contributed by atoms with Gasteiger partial charge >= 0.3 is 0 Å². The van der Waals surface area contributed by atoms with Gasteiger partial charge in [0.25, 0.3) is 0 Å². The summed E-state index contributed by atoms with van der Waals surface area (Å²) in [5.74, 6) is 1.67. The summed E-state index contributed by atoms with van der Waals surface area (Å²) in [7, 11) is 10.6. The molecule has 6 rings (SSSR count). The Morgan fingerprint density at radius 3 is 1.60 bits per heavy atom. The molecule has 2 saturated heterocycles. The molecule has 0 bridgehead atoms. The highest BCUT2D eigenvalue weighted by Gasteiger charge is 2.20. The first-order valence-corrected chi connectivity index (χ1v) is 17.1. The van der Waals surface area contributed by atoms with E-state index in [-0.39, 0.29) is 0 Å². The van der Waals surface area contributed by atoms with Gasteiger partial charge in [0.1, 0.15) is 0 Å². The Kier molecular flexibility index (Phi) is 11.7. The number of nitrogens with zero attached hydrogens (tertiary/aromatic N) is 5. The van der Waals surface area contributed by atoms with Crippen LogP contribution < -0.4 is 5.32 Å². The van der Waals surface area contributed by atoms with Crippen LogP contribution in [-0.2, 0) is 25.9 Å². The molecule has 4 aromatic rings. The fourth-order valence-electron chi connectivity index (χ4n) is 7.00. The Morgan fingerprint density at radius 2 is 1.16 bits per heavy atom. The third-order valence-corrected chi connectivity index (χ3v) is 9.93. The van der Waals surface area contributed by atoms with Crippen LogP contribution in [0.5, 0.6) is 0 Å². The maximum absolute atomic E-state index is 5.73. The van der Waals surface area contributed by atoms with E-state index in [4.69, 9.17) is 9.05 Å². The minimum Gasteiger partial charge on any atom is -0.356 e. The molecule has 0 spiro atoms. The van der Waals surface area contributed by atoms with Crippen LogP contribution in [0.15, 0.2) is 33.3 Å². The standard InChI is InChI=1S/C19H29N3O.C18H27N3O/c1-14-5-7-16-18(8-6-15-9-11-22(4)12-10-15)20-23-19(16)17(14)13-21(2)3;1-13-4-6-15-17(7-5-14-8-10-19-11-9-14)20-22-18(15)16(13)12-21(2)3/h5,7,15H,6,8-13H2,1-4H3;4,6,14,19H,5,7-12H2,1-3H3. The van der Waals surface area contributed by atoms with Crippen molar-refractivity contribution in [2.75, 3.05) is 61.4 Å². The molecule has 0 saturated carbocycles. The minimum atomic E-state index is 0.833. The molecule has 246 valence electrons. The average molecular weight is 617 g/mol. The highest BCUT2D eigenvalue weighted by molar-refractivity contribution is 5.84. The Bertz CT molecular complexity index is 1510. The molecule has 2 aromatic heterocycles. The van der Waals surface area contributed by atoms with E-state index in [2.05, 4.69) is 104 Å². The van der Waals surface area contributed by atoms with Crippen molar-refractivity contribution in [2.24, 2.45) is 11.8 Å². The summed E-state index contributed by atoms with van der Waals surface area (Å²) >= 11 is 0. The van der Waals surface area contributed by atoms with Crippen molar-refractivity contribution in [3.05, 3.63) is 57.9 Å². The molecular formula is C37H56N6O2. The lowest BCUT2D eigenvalue weighted by atomic mass is 9.91. The van der Waals surface area contributed by atoms with Gasteiger partial charge < -0.3 is 29.1 Å². The highest BCUT2D eigenvalue weighted by atomic mass is 16.5. The topological polar surface area (TPSA) is 73.8 Å². The van der Waals surface area contributed by atoms with Gasteiger partial charge in [-0.3, -0.25) is 0 Å². The largest absolute Gasteiger partial charge is 0.356 e. The molecule has 2 fully saturated rings. The van der Waals surface area contributed by atoms with Crippen LogP contribution in [0.3, 0.4) is 0 Å². The van der Waals surface area contributed by atoms with Crippen molar-refractivity contribution in [3.63, 3.8) is 0 Å². The molecule has 45 heavy (non-hydrogen) atoms. The number of aromatic nitrogens is 2. The molecule has 0 unspecified atom stereocenters. The number of hydrogen-bond donors (Lipinski definition) is 1. The third-order valence-electron chi connectivity index (χ3n) is 9.93. The Labute approximate surface area is 270 Å². The molecule has 2 aromatic carbocycles. The second-order valence-corrected chi connectivity index (χ2v) is 14.2. The van der Waals surface area contributed by atoms with Gasteiger partial charge in [-0.2, -0.15) is 0 Å². The van der Waals surface area contributed by atoms with E-state index in [0.717, 1.165) is 73.4 Å². The number of hydrogen-bond acceptors (Lipinski definition) is 8. The second kappa shape index (κ2) is 15.7. The molecule has 4 heterocycles. The summed E-state index contributed by atoms with van der Waals surface area (Å²) in [5.41, 5.74) is 9.33. The van der Waals surface area contributed by atoms with Crippen LogP contribution in [0, 0.1) is 25.7 Å². The monoisotopic (exact) mass is 616 g/mol. The first kappa shape index (κ1) is 33.6. The Morgan fingerprint density at radius 1 is 0.711 bits per heavy atom. The van der Waals surface area contributed by atoms with E-state index in [1.165, 1.54) is 84.6 Å². The first-order valence-electron chi connectivity index (χ1n) is 17.1. The van der Waals surface area contributed by atoms with E-state index < -0.39 is 0 Å². The smallest absolute Gasteiger partial charge is 0.171 e. The quantitative estimate of drug-likeness (QED) is 0.214. The zero-order valence-corrected chi connectivity index (χ0v) is 28.9. The normalized spacial score (nSPS) is 17.1. The van der Waals surface area contributed by atoms with Gasteiger partial charge in [-0.05, 0) is 162 Å². The van der Waals surface area contributed by atoms with Crippen molar-refractivity contribution >= 4 is 21.9 Å². The highest BCUT2D eigenvalue weighted by Crippen LogP contribution is 2.30. The summed E-state index contributed by atoms with van der Waals surface area (Å²) in [6.07, 6.45) is 9.73. The summed E-state index contributed by atoms with van der Waals surface area (Å²) in [6.45, 7) is 10.9. The number of rotatable bonds is 10. The van der Waals surface area contributed by atoms with Crippen molar-refractivity contribution in [1.29, 1.82) is 0 Å². The van der Waals surface area contributed by atoms with Crippen molar-refractivity contribution in [3.8, 4) is 0 Å². The van der Waals surface area contributed by atoms with Gasteiger partial charge in [0, 0.05) is 35.0 Å². The fourth-order valence-corrected chi connectivity index (χ4v) is 7.00. The van der Waals surface area contributed by atoms with Crippen LogP contribution in [0.4, 0.5) is 0 Å². The van der Waals surface area contributed by atoms with Crippen molar-refractivity contribution < 1.29 is 9.05 Å². The van der Waals surface area contributed by atoms with Crippen LogP contribution in [0.1, 0.15) is 72.2 Å². The summed E-state index contributed by atoms with van der Waals surface area (Å²) in [5, 5.41) is 14.6. The lowest BCUT2D eigenvalue weighted by Crippen LogP contribution is -2.30. The summed E-state index contributed by atoms with van der Waals surface area (Å²) < 4.78 is 11.4. The first-order chi connectivity index (χ1) is 21.7. The van der Waals surface area contributed by atoms with E-state index in [1.807, 2.05) is 0 Å². The summed E-state index contributed by atoms with van der Waals surface area (Å²) in [6, 6.07) is 8.77. The maximum Gasteiger partial charge on any atom is 0.171 e. The van der Waals surface area contributed by atoms with Gasteiger partial charge in [0.05, 0.1) is 11.4 Å². The fraction of sp³-hybridized carbons (Fsp3) is 0.622. The number of nitrogens with one attached hydrogen (secondary N) is 1.